The fourth-order valence-corrected chi connectivity index (χ4v) is 2.93. The Kier molecular flexibility index (Phi) is 3.55. The summed E-state index contributed by atoms with van der Waals surface area (Å²) in [5.41, 5.74) is 2.33. The molecule has 3 atom stereocenters. The molecule has 0 heterocycles. The molecule has 1 fully saturated rings. The highest BCUT2D eigenvalue weighted by Crippen LogP contribution is 2.46. The Morgan fingerprint density at radius 3 is 2.33 bits per heavy atom. The van der Waals surface area contributed by atoms with Crippen molar-refractivity contribution in [1.82, 2.24) is 0 Å². The lowest BCUT2D eigenvalue weighted by molar-refractivity contribution is -0.136. The zero-order valence-corrected chi connectivity index (χ0v) is 11.4. The number of hydrogen-bond acceptors (Lipinski definition) is 3. The summed E-state index contributed by atoms with van der Waals surface area (Å²) in [5.74, 6) is -0.217. The summed E-state index contributed by atoms with van der Waals surface area (Å²) in [5, 5.41) is 19.3. The van der Waals surface area contributed by atoms with Crippen molar-refractivity contribution in [1.29, 1.82) is 5.26 Å². The van der Waals surface area contributed by atoms with Crippen LogP contribution in [0.5, 0.6) is 0 Å². The maximum atomic E-state index is 11.9. The van der Waals surface area contributed by atoms with Crippen LogP contribution in [0.3, 0.4) is 0 Å². The van der Waals surface area contributed by atoms with Crippen molar-refractivity contribution >= 4 is 5.78 Å². The lowest BCUT2D eigenvalue weighted by Gasteiger charge is -2.38. The number of aliphatic hydroxyl groups excluding tert-OH is 1. The van der Waals surface area contributed by atoms with Crippen molar-refractivity contribution in [3.8, 4) is 6.07 Å². The second kappa shape index (κ2) is 5.51. The first kappa shape index (κ1) is 13.5. The van der Waals surface area contributed by atoms with Gasteiger partial charge in [0, 0.05) is 12.3 Å². The lowest BCUT2D eigenvalue weighted by Crippen LogP contribution is -2.39. The first-order valence-corrected chi connectivity index (χ1v) is 6.96. The Balaban J connectivity index is 1.84. The standard InChI is InChI=1S/C18H15NO2/c19-11-12-6-8-14(9-7-12)18(21)17-15(10-16(17)20)13-4-2-1-3-5-13/h1-9,15,17-18,21H,10H2/t15-,17-,18+/m1/s1. The number of nitrogens with zero attached hydrogens (tertiary/aromatic N) is 1. The number of aliphatic hydroxyl groups is 1. The van der Waals surface area contributed by atoms with Crippen LogP contribution in [0.1, 0.15) is 35.1 Å². The first-order valence-electron chi connectivity index (χ1n) is 6.96. The van der Waals surface area contributed by atoms with Crippen LogP contribution >= 0.6 is 0 Å². The van der Waals surface area contributed by atoms with E-state index in [1.165, 1.54) is 0 Å². The topological polar surface area (TPSA) is 61.1 Å². The van der Waals surface area contributed by atoms with Crippen molar-refractivity contribution in [3.05, 3.63) is 71.3 Å². The molecule has 1 aliphatic carbocycles. The second-order valence-electron chi connectivity index (χ2n) is 5.39. The number of Topliss-reactive ketones (excluding diaryl/α,β-unsaturated/α-hetero) is 1. The molecule has 3 rings (SSSR count). The van der Waals surface area contributed by atoms with Gasteiger partial charge in [0.05, 0.1) is 23.7 Å². The third-order valence-corrected chi connectivity index (χ3v) is 4.18. The van der Waals surface area contributed by atoms with Gasteiger partial charge in [-0.05, 0) is 23.3 Å². The monoisotopic (exact) mass is 277 g/mol. The van der Waals surface area contributed by atoms with Crippen LogP contribution < -0.4 is 0 Å². The van der Waals surface area contributed by atoms with E-state index in [-0.39, 0.29) is 17.6 Å². The molecule has 0 aliphatic heterocycles. The van der Waals surface area contributed by atoms with Gasteiger partial charge >= 0.3 is 0 Å². The van der Waals surface area contributed by atoms with Gasteiger partial charge in [-0.3, -0.25) is 4.79 Å². The van der Waals surface area contributed by atoms with E-state index in [1.807, 2.05) is 36.4 Å². The molecule has 0 radical (unpaired) electrons. The minimum absolute atomic E-state index is 0.0735. The molecule has 0 unspecified atom stereocenters. The van der Waals surface area contributed by atoms with E-state index in [4.69, 9.17) is 5.26 Å². The molecule has 0 bridgehead atoms. The summed E-state index contributed by atoms with van der Waals surface area (Å²) >= 11 is 0. The molecule has 0 spiro atoms. The number of nitriles is 1. The Hall–Kier alpha value is -2.44. The third-order valence-electron chi connectivity index (χ3n) is 4.18. The zero-order chi connectivity index (χ0) is 14.8. The van der Waals surface area contributed by atoms with Crippen molar-refractivity contribution in [2.24, 2.45) is 5.92 Å². The van der Waals surface area contributed by atoms with Crippen molar-refractivity contribution < 1.29 is 9.90 Å². The van der Waals surface area contributed by atoms with Crippen LogP contribution in [-0.2, 0) is 4.79 Å². The average molecular weight is 277 g/mol. The molecule has 2 aromatic rings. The van der Waals surface area contributed by atoms with Gasteiger partial charge in [-0.25, -0.2) is 0 Å². The Bertz CT molecular complexity index is 685. The molecule has 3 nitrogen and oxygen atoms in total. The third kappa shape index (κ3) is 2.46. The van der Waals surface area contributed by atoms with Gasteiger partial charge in [-0.2, -0.15) is 5.26 Å². The predicted octanol–water partition coefficient (Wildman–Crippen LogP) is 2.96. The number of carbonyl (C=O) groups is 1. The highest BCUT2D eigenvalue weighted by Gasteiger charge is 2.45. The number of benzene rings is 2. The molecular formula is C18H15NO2. The van der Waals surface area contributed by atoms with Crippen LogP contribution in [0.25, 0.3) is 0 Å². The molecule has 0 amide bonds. The van der Waals surface area contributed by atoms with Crippen molar-refractivity contribution in [3.63, 3.8) is 0 Å². The van der Waals surface area contributed by atoms with Crippen LogP contribution in [0.4, 0.5) is 0 Å². The Morgan fingerprint density at radius 2 is 1.76 bits per heavy atom. The van der Waals surface area contributed by atoms with Gasteiger partial charge in [0.2, 0.25) is 0 Å². The average Bonchev–Trinajstić information content (AvgIpc) is 2.53. The van der Waals surface area contributed by atoms with Gasteiger partial charge < -0.3 is 5.11 Å². The van der Waals surface area contributed by atoms with E-state index in [1.54, 1.807) is 24.3 Å². The van der Waals surface area contributed by atoms with Crippen LogP contribution in [0.2, 0.25) is 0 Å². The normalized spacial score (nSPS) is 22.2. The molecule has 0 saturated heterocycles. The quantitative estimate of drug-likeness (QED) is 0.938. The smallest absolute Gasteiger partial charge is 0.140 e. The zero-order valence-electron chi connectivity index (χ0n) is 11.4. The fraction of sp³-hybridized carbons (Fsp3) is 0.222. The molecule has 1 saturated carbocycles. The maximum Gasteiger partial charge on any atom is 0.140 e. The minimum Gasteiger partial charge on any atom is -0.388 e. The highest BCUT2D eigenvalue weighted by atomic mass is 16.3. The van der Waals surface area contributed by atoms with Crippen LogP contribution in [-0.4, -0.2) is 10.9 Å². The van der Waals surface area contributed by atoms with Crippen molar-refractivity contribution in [2.75, 3.05) is 0 Å². The lowest BCUT2D eigenvalue weighted by atomic mass is 9.65. The van der Waals surface area contributed by atoms with Gasteiger partial charge in [0.1, 0.15) is 5.78 Å². The van der Waals surface area contributed by atoms with Gasteiger partial charge in [-0.15, -0.1) is 0 Å². The summed E-state index contributed by atoms with van der Waals surface area (Å²) in [7, 11) is 0. The molecule has 1 N–H and O–H groups in total. The van der Waals surface area contributed by atoms with E-state index >= 15 is 0 Å². The molecule has 3 heteroatoms. The van der Waals surface area contributed by atoms with E-state index in [0.29, 0.717) is 17.5 Å². The number of carbonyl (C=O) groups excluding carboxylic acids is 1. The van der Waals surface area contributed by atoms with Crippen LogP contribution in [0.15, 0.2) is 54.6 Å². The van der Waals surface area contributed by atoms with Crippen LogP contribution in [0, 0.1) is 17.2 Å². The summed E-state index contributed by atoms with van der Waals surface area (Å²) in [6.45, 7) is 0. The van der Waals surface area contributed by atoms with Crippen molar-refractivity contribution in [2.45, 2.75) is 18.4 Å². The molecule has 2 aromatic carbocycles. The second-order valence-corrected chi connectivity index (χ2v) is 5.39. The highest BCUT2D eigenvalue weighted by molar-refractivity contribution is 5.90. The summed E-state index contributed by atoms with van der Waals surface area (Å²) in [6.07, 6.45) is -0.327. The molecule has 1 aliphatic rings. The van der Waals surface area contributed by atoms with Gasteiger partial charge in [0.15, 0.2) is 0 Å². The summed E-state index contributed by atoms with van der Waals surface area (Å²) in [6, 6.07) is 18.6. The van der Waals surface area contributed by atoms with E-state index in [9.17, 15) is 9.90 Å². The van der Waals surface area contributed by atoms with E-state index in [2.05, 4.69) is 0 Å². The van der Waals surface area contributed by atoms with E-state index in [0.717, 1.165) is 5.56 Å². The van der Waals surface area contributed by atoms with Gasteiger partial charge in [-0.1, -0.05) is 42.5 Å². The van der Waals surface area contributed by atoms with E-state index < -0.39 is 6.10 Å². The molecular weight excluding hydrogens is 262 g/mol. The summed E-state index contributed by atoms with van der Waals surface area (Å²) in [4.78, 5) is 11.9. The number of ketones is 1. The first-order chi connectivity index (χ1) is 10.2. The maximum absolute atomic E-state index is 11.9. The van der Waals surface area contributed by atoms with Gasteiger partial charge in [0.25, 0.3) is 0 Å². The summed E-state index contributed by atoms with van der Waals surface area (Å²) < 4.78 is 0. The SMILES string of the molecule is N#Cc1ccc([C@H](O)[C@H]2C(=O)C[C@@H]2c2ccccc2)cc1. The Morgan fingerprint density at radius 1 is 1.10 bits per heavy atom. The number of rotatable bonds is 3. The fourth-order valence-electron chi connectivity index (χ4n) is 2.93. The number of hydrogen-bond donors (Lipinski definition) is 1. The largest absolute Gasteiger partial charge is 0.388 e. The molecule has 21 heavy (non-hydrogen) atoms. The molecule has 0 aromatic heterocycles. The Labute approximate surface area is 123 Å². The minimum atomic E-state index is -0.816. The molecule has 104 valence electrons. The predicted molar refractivity (Wildman–Crippen MR) is 78.4 cm³/mol.